The van der Waals surface area contributed by atoms with Crippen LogP contribution < -0.4 is 5.32 Å². The first kappa shape index (κ1) is 15.1. The van der Waals surface area contributed by atoms with Gasteiger partial charge in [-0.3, -0.25) is 4.68 Å². The van der Waals surface area contributed by atoms with Crippen molar-refractivity contribution in [2.24, 2.45) is 0 Å². The third kappa shape index (κ3) is 3.51. The highest BCUT2D eigenvalue weighted by molar-refractivity contribution is 6.31. The summed E-state index contributed by atoms with van der Waals surface area (Å²) >= 11 is 6.35. The quantitative estimate of drug-likeness (QED) is 0.770. The summed E-state index contributed by atoms with van der Waals surface area (Å²) in [5.41, 5.74) is 2.03. The van der Waals surface area contributed by atoms with E-state index >= 15 is 0 Å². The molecule has 0 amide bonds. The lowest BCUT2D eigenvalue weighted by molar-refractivity contribution is 0.485. The van der Waals surface area contributed by atoms with Crippen molar-refractivity contribution in [3.8, 4) is 12.3 Å². The van der Waals surface area contributed by atoms with Crippen LogP contribution >= 0.6 is 11.6 Å². The van der Waals surface area contributed by atoms with Gasteiger partial charge in [-0.2, -0.15) is 5.10 Å². The maximum absolute atomic E-state index is 6.35. The Morgan fingerprint density at radius 1 is 1.44 bits per heavy atom. The van der Waals surface area contributed by atoms with Gasteiger partial charge in [0.2, 0.25) is 0 Å². The smallest absolute Gasteiger partial charge is 0.0863 e. The average molecular weight is 268 g/mol. The molecule has 1 atom stereocenters. The molecule has 0 saturated carbocycles. The van der Waals surface area contributed by atoms with Crippen molar-refractivity contribution < 1.29 is 0 Å². The molecule has 0 spiro atoms. The van der Waals surface area contributed by atoms with Gasteiger partial charge in [0.15, 0.2) is 0 Å². The number of terminal acetylenes is 1. The zero-order valence-corrected chi connectivity index (χ0v) is 12.2. The number of rotatable bonds is 7. The van der Waals surface area contributed by atoms with Crippen LogP contribution in [0.15, 0.2) is 0 Å². The molecule has 0 aliphatic rings. The Morgan fingerprint density at radius 2 is 2.17 bits per heavy atom. The third-order valence-electron chi connectivity index (χ3n) is 3.11. The molecule has 1 N–H and O–H groups in total. The van der Waals surface area contributed by atoms with E-state index in [0.29, 0.717) is 6.04 Å². The van der Waals surface area contributed by atoms with Crippen molar-refractivity contribution >= 4 is 11.6 Å². The topological polar surface area (TPSA) is 29.9 Å². The lowest BCUT2D eigenvalue weighted by atomic mass is 10.1. The lowest BCUT2D eigenvalue weighted by Gasteiger charge is -2.14. The van der Waals surface area contributed by atoms with Crippen LogP contribution in [0.2, 0.25) is 5.02 Å². The number of hydrogen-bond donors (Lipinski definition) is 1. The summed E-state index contributed by atoms with van der Waals surface area (Å²) < 4.78 is 1.97. The molecule has 1 unspecified atom stereocenters. The number of aryl methyl sites for hydroxylation is 2. The van der Waals surface area contributed by atoms with E-state index in [0.717, 1.165) is 48.8 Å². The Labute approximate surface area is 115 Å². The molecule has 18 heavy (non-hydrogen) atoms. The van der Waals surface area contributed by atoms with Gasteiger partial charge in [0.1, 0.15) is 0 Å². The second kappa shape index (κ2) is 7.45. The van der Waals surface area contributed by atoms with Crippen molar-refractivity contribution in [1.82, 2.24) is 15.1 Å². The fourth-order valence-electron chi connectivity index (χ4n) is 1.93. The van der Waals surface area contributed by atoms with Gasteiger partial charge in [-0.1, -0.05) is 25.4 Å². The Kier molecular flexibility index (Phi) is 6.24. The van der Waals surface area contributed by atoms with E-state index in [-0.39, 0.29) is 0 Å². The van der Waals surface area contributed by atoms with Crippen molar-refractivity contribution in [1.29, 1.82) is 0 Å². The van der Waals surface area contributed by atoms with Gasteiger partial charge < -0.3 is 5.32 Å². The minimum absolute atomic E-state index is 0.344. The second-order valence-electron chi connectivity index (χ2n) is 4.27. The SMILES string of the molecule is C#CCC(CC)NCc1c(Cl)c(CC)nn1CC. The van der Waals surface area contributed by atoms with Crippen LogP contribution in [0.1, 0.15) is 45.0 Å². The summed E-state index contributed by atoms with van der Waals surface area (Å²) in [7, 11) is 0. The van der Waals surface area contributed by atoms with E-state index in [1.54, 1.807) is 0 Å². The van der Waals surface area contributed by atoms with Crippen LogP contribution in [-0.4, -0.2) is 15.8 Å². The van der Waals surface area contributed by atoms with E-state index in [1.807, 2.05) is 4.68 Å². The second-order valence-corrected chi connectivity index (χ2v) is 4.65. The zero-order valence-electron chi connectivity index (χ0n) is 11.5. The average Bonchev–Trinajstić information content (AvgIpc) is 2.70. The first-order chi connectivity index (χ1) is 8.67. The molecule has 4 heteroatoms. The first-order valence-electron chi connectivity index (χ1n) is 6.58. The molecule has 1 aromatic rings. The molecule has 100 valence electrons. The van der Waals surface area contributed by atoms with Gasteiger partial charge in [0, 0.05) is 25.6 Å². The Morgan fingerprint density at radius 3 is 2.67 bits per heavy atom. The van der Waals surface area contributed by atoms with Crippen LogP contribution in [0.5, 0.6) is 0 Å². The van der Waals surface area contributed by atoms with Gasteiger partial charge >= 0.3 is 0 Å². The fraction of sp³-hybridized carbons (Fsp3) is 0.643. The predicted octanol–water partition coefficient (Wildman–Crippen LogP) is 3.01. The molecular formula is C14H22ClN3. The van der Waals surface area contributed by atoms with E-state index in [2.05, 4.69) is 37.1 Å². The van der Waals surface area contributed by atoms with Crippen molar-refractivity contribution in [3.05, 3.63) is 16.4 Å². The summed E-state index contributed by atoms with van der Waals surface area (Å²) in [5.74, 6) is 2.70. The number of aromatic nitrogens is 2. The normalized spacial score (nSPS) is 12.4. The molecule has 0 aliphatic carbocycles. The summed E-state index contributed by atoms with van der Waals surface area (Å²) in [6, 6.07) is 0.344. The summed E-state index contributed by atoms with van der Waals surface area (Å²) in [5, 5.41) is 8.75. The van der Waals surface area contributed by atoms with Gasteiger partial charge in [-0.05, 0) is 19.8 Å². The van der Waals surface area contributed by atoms with E-state index in [1.165, 1.54) is 0 Å². The molecule has 1 heterocycles. The van der Waals surface area contributed by atoms with Gasteiger partial charge in [0.05, 0.1) is 16.4 Å². The largest absolute Gasteiger partial charge is 0.307 e. The lowest BCUT2D eigenvalue weighted by Crippen LogP contribution is -2.28. The highest BCUT2D eigenvalue weighted by Crippen LogP contribution is 2.21. The van der Waals surface area contributed by atoms with Gasteiger partial charge in [-0.15, -0.1) is 12.3 Å². The summed E-state index contributed by atoms with van der Waals surface area (Å²) in [6.07, 6.45) is 7.98. The number of hydrogen-bond acceptors (Lipinski definition) is 2. The van der Waals surface area contributed by atoms with Crippen LogP contribution in [0.4, 0.5) is 0 Å². The zero-order chi connectivity index (χ0) is 13.5. The third-order valence-corrected chi connectivity index (χ3v) is 3.55. The monoisotopic (exact) mass is 267 g/mol. The van der Waals surface area contributed by atoms with Crippen LogP contribution in [0, 0.1) is 12.3 Å². The van der Waals surface area contributed by atoms with Gasteiger partial charge in [0.25, 0.3) is 0 Å². The summed E-state index contributed by atoms with van der Waals surface area (Å²) in [4.78, 5) is 0. The minimum atomic E-state index is 0.344. The maximum atomic E-state index is 6.35. The Hall–Kier alpha value is -0.980. The molecule has 0 radical (unpaired) electrons. The van der Waals surface area contributed by atoms with Crippen molar-refractivity contribution in [2.45, 2.75) is 59.2 Å². The highest BCUT2D eigenvalue weighted by Gasteiger charge is 2.15. The molecule has 0 fully saturated rings. The van der Waals surface area contributed by atoms with Gasteiger partial charge in [-0.25, -0.2) is 0 Å². The predicted molar refractivity (Wildman–Crippen MR) is 76.7 cm³/mol. The maximum Gasteiger partial charge on any atom is 0.0863 e. The molecule has 0 aromatic carbocycles. The minimum Gasteiger partial charge on any atom is -0.307 e. The molecule has 0 saturated heterocycles. The molecule has 1 aromatic heterocycles. The standard InChI is InChI=1S/C14H22ClN3/c1-5-9-11(6-2)16-10-13-14(15)12(7-3)17-18(13)8-4/h1,11,16H,6-10H2,2-4H3. The number of nitrogens with zero attached hydrogens (tertiary/aromatic N) is 2. The molecule has 0 bridgehead atoms. The van der Waals surface area contributed by atoms with Crippen LogP contribution in [0.25, 0.3) is 0 Å². The van der Waals surface area contributed by atoms with Crippen molar-refractivity contribution in [3.63, 3.8) is 0 Å². The van der Waals surface area contributed by atoms with E-state index in [4.69, 9.17) is 18.0 Å². The molecule has 3 nitrogen and oxygen atoms in total. The van der Waals surface area contributed by atoms with E-state index < -0.39 is 0 Å². The Balaban J connectivity index is 2.77. The summed E-state index contributed by atoms with van der Waals surface area (Å²) in [6.45, 7) is 7.83. The first-order valence-corrected chi connectivity index (χ1v) is 6.96. The highest BCUT2D eigenvalue weighted by atomic mass is 35.5. The molecular weight excluding hydrogens is 246 g/mol. The van der Waals surface area contributed by atoms with E-state index in [9.17, 15) is 0 Å². The van der Waals surface area contributed by atoms with Crippen molar-refractivity contribution in [2.75, 3.05) is 0 Å². The fourth-order valence-corrected chi connectivity index (χ4v) is 2.27. The number of nitrogens with one attached hydrogen (secondary N) is 1. The molecule has 0 aliphatic heterocycles. The molecule has 1 rings (SSSR count). The Bertz CT molecular complexity index is 417. The van der Waals surface area contributed by atoms with Crippen LogP contribution in [-0.2, 0) is 19.5 Å². The number of halogens is 1. The van der Waals surface area contributed by atoms with Crippen LogP contribution in [0.3, 0.4) is 0 Å².